The predicted octanol–water partition coefficient (Wildman–Crippen LogP) is 1.04. The average Bonchev–Trinajstić information content (AvgIpc) is 3.04. The molecule has 0 aliphatic carbocycles. The van der Waals surface area contributed by atoms with Gasteiger partial charge < -0.3 is 29.5 Å². The molecule has 4 unspecified atom stereocenters. The minimum Gasteiger partial charge on any atom is -0.388 e. The van der Waals surface area contributed by atoms with Crippen molar-refractivity contribution in [2.45, 2.75) is 96.2 Å². The molecule has 1 aliphatic heterocycles. The standard InChI is InChI=1S/C22H34N3O9P/c1-7-21(5,34-35(31,32)22(6,30)8-2)9-14-15(26)16(27)17(33-14)13-10-25-12(4)11(3)18(28)23-20(25)24-19(13)29/h10,14-17,26-27,30H,7-9H2,1-6H3,(H,31,32)(H,23,24,28,29)/t14-,15?,16+,17+,21?,22?/m1/s1. The van der Waals surface area contributed by atoms with E-state index in [0.29, 0.717) is 11.3 Å². The summed E-state index contributed by atoms with van der Waals surface area (Å²) in [5.74, 6) is 0.0325. The smallest absolute Gasteiger partial charge is 0.359 e. The molecule has 3 heterocycles. The van der Waals surface area contributed by atoms with Crippen LogP contribution >= 0.6 is 7.60 Å². The highest BCUT2D eigenvalue weighted by Gasteiger charge is 2.51. The number of aromatic nitrogens is 3. The molecule has 0 saturated carbocycles. The summed E-state index contributed by atoms with van der Waals surface area (Å²) >= 11 is 0. The van der Waals surface area contributed by atoms with Crippen LogP contribution in [0.2, 0.25) is 0 Å². The molecule has 2 aromatic rings. The maximum atomic E-state index is 12.8. The van der Waals surface area contributed by atoms with Crippen LogP contribution in [0.1, 0.15) is 69.9 Å². The summed E-state index contributed by atoms with van der Waals surface area (Å²) in [7, 11) is -4.48. The average molecular weight is 516 g/mol. The Morgan fingerprint density at radius 1 is 1.20 bits per heavy atom. The maximum absolute atomic E-state index is 12.8. The van der Waals surface area contributed by atoms with Crippen molar-refractivity contribution in [3.63, 3.8) is 0 Å². The van der Waals surface area contributed by atoms with Crippen molar-refractivity contribution < 1.29 is 34.0 Å². The lowest BCUT2D eigenvalue weighted by molar-refractivity contribution is -0.0533. The maximum Gasteiger partial charge on any atom is 0.359 e. The lowest BCUT2D eigenvalue weighted by Gasteiger charge is -2.37. The van der Waals surface area contributed by atoms with E-state index < -0.39 is 48.5 Å². The Hall–Kier alpha value is -1.92. The van der Waals surface area contributed by atoms with Gasteiger partial charge in [0.05, 0.1) is 17.3 Å². The van der Waals surface area contributed by atoms with E-state index in [1.165, 1.54) is 17.5 Å². The first-order valence-corrected chi connectivity index (χ1v) is 13.1. The molecule has 1 aliphatic rings. The number of ether oxygens (including phenoxy) is 1. The summed E-state index contributed by atoms with van der Waals surface area (Å²) in [6.07, 6.45) is -3.69. The Kier molecular flexibility index (Phi) is 7.52. The number of aliphatic hydroxyl groups excluding tert-OH is 2. The zero-order chi connectivity index (χ0) is 26.5. The van der Waals surface area contributed by atoms with E-state index in [0.717, 1.165) is 0 Å². The van der Waals surface area contributed by atoms with Crippen LogP contribution in [0.15, 0.2) is 15.8 Å². The van der Waals surface area contributed by atoms with Crippen LogP contribution in [0, 0.1) is 13.8 Å². The molecule has 1 saturated heterocycles. The van der Waals surface area contributed by atoms with E-state index in [4.69, 9.17) is 9.26 Å². The van der Waals surface area contributed by atoms with Crippen LogP contribution in [0.5, 0.6) is 0 Å². The second-order valence-electron chi connectivity index (χ2n) is 9.63. The zero-order valence-electron chi connectivity index (χ0n) is 20.7. The van der Waals surface area contributed by atoms with E-state index >= 15 is 0 Å². The van der Waals surface area contributed by atoms with E-state index in [1.54, 1.807) is 34.6 Å². The monoisotopic (exact) mass is 515 g/mol. The van der Waals surface area contributed by atoms with Crippen LogP contribution in [-0.2, 0) is 13.8 Å². The highest BCUT2D eigenvalue weighted by molar-refractivity contribution is 7.54. The van der Waals surface area contributed by atoms with Gasteiger partial charge in [-0.15, -0.1) is 0 Å². The van der Waals surface area contributed by atoms with Crippen molar-refractivity contribution in [2.75, 3.05) is 0 Å². The van der Waals surface area contributed by atoms with E-state index in [2.05, 4.69) is 9.97 Å². The van der Waals surface area contributed by atoms with Crippen LogP contribution in [0.4, 0.5) is 0 Å². The molecule has 35 heavy (non-hydrogen) atoms. The van der Waals surface area contributed by atoms with Gasteiger partial charge in [-0.3, -0.25) is 23.5 Å². The van der Waals surface area contributed by atoms with Gasteiger partial charge in [0, 0.05) is 23.9 Å². The molecule has 0 aromatic carbocycles. The largest absolute Gasteiger partial charge is 0.388 e. The summed E-state index contributed by atoms with van der Waals surface area (Å²) in [5.41, 5.74) is -1.48. The minimum absolute atomic E-state index is 0.0209. The Balaban J connectivity index is 1.93. The molecule has 12 nitrogen and oxygen atoms in total. The van der Waals surface area contributed by atoms with Gasteiger partial charge in [-0.1, -0.05) is 13.8 Å². The number of hydrogen-bond acceptors (Lipinski definition) is 9. The van der Waals surface area contributed by atoms with Gasteiger partial charge in [-0.25, -0.2) is 0 Å². The van der Waals surface area contributed by atoms with Crippen molar-refractivity contribution in [1.29, 1.82) is 0 Å². The quantitative estimate of drug-likeness (QED) is 0.318. The normalized spacial score (nSPS) is 27.9. The fraction of sp³-hybridized carbons (Fsp3) is 0.682. The predicted molar refractivity (Wildman–Crippen MR) is 126 cm³/mol. The third-order valence-corrected chi connectivity index (χ3v) is 9.32. The number of rotatable bonds is 8. The highest BCUT2D eigenvalue weighted by Crippen LogP contribution is 2.59. The number of hydrogen-bond donors (Lipinski definition) is 5. The van der Waals surface area contributed by atoms with Crippen molar-refractivity contribution >= 4 is 13.4 Å². The molecule has 5 N–H and O–H groups in total. The molecule has 0 radical (unpaired) electrons. The molecule has 3 rings (SSSR count). The van der Waals surface area contributed by atoms with Crippen molar-refractivity contribution in [1.82, 2.24) is 14.4 Å². The van der Waals surface area contributed by atoms with Gasteiger partial charge in [0.15, 0.2) is 5.34 Å². The first kappa shape index (κ1) is 27.7. The lowest BCUT2D eigenvalue weighted by Crippen LogP contribution is -2.40. The Labute approximate surface area is 202 Å². The Morgan fingerprint density at radius 2 is 1.83 bits per heavy atom. The van der Waals surface area contributed by atoms with E-state index in [9.17, 15) is 34.4 Å². The first-order chi connectivity index (χ1) is 16.1. The van der Waals surface area contributed by atoms with E-state index in [-0.39, 0.29) is 36.2 Å². The Bertz CT molecular complexity index is 1270. The molecule has 0 bridgehead atoms. The van der Waals surface area contributed by atoms with Gasteiger partial charge >= 0.3 is 7.60 Å². The van der Waals surface area contributed by atoms with Gasteiger partial charge in [0.25, 0.3) is 11.1 Å². The van der Waals surface area contributed by atoms with Crippen molar-refractivity contribution in [3.8, 4) is 0 Å². The van der Waals surface area contributed by atoms with Gasteiger partial charge in [0.1, 0.15) is 18.3 Å². The lowest BCUT2D eigenvalue weighted by atomic mass is 9.92. The SMILES string of the molecule is CCC(C)(C[C@H]1O[C@@H](c2cn3c(C)c(C)c(=O)[nH]c3nc2=O)[C@@H](O)C1O)OP(=O)(O)C(C)(O)CC. The second-order valence-corrected chi connectivity index (χ2v) is 11.8. The number of H-pyrrole nitrogens is 1. The fourth-order valence-corrected chi connectivity index (χ4v) is 5.39. The van der Waals surface area contributed by atoms with Gasteiger partial charge in [0.2, 0.25) is 5.78 Å². The van der Waals surface area contributed by atoms with Crippen LogP contribution in [0.25, 0.3) is 5.78 Å². The summed E-state index contributed by atoms with van der Waals surface area (Å²) in [6.45, 7) is 9.32. The summed E-state index contributed by atoms with van der Waals surface area (Å²) < 4.78 is 25.6. The number of nitrogens with one attached hydrogen (secondary N) is 1. The molecule has 1 fully saturated rings. The third-order valence-electron chi connectivity index (χ3n) is 7.09. The van der Waals surface area contributed by atoms with Gasteiger partial charge in [-0.05, 0) is 40.5 Å². The Morgan fingerprint density at radius 3 is 2.40 bits per heavy atom. The number of nitrogens with zero attached hydrogens (tertiary/aromatic N) is 2. The summed E-state index contributed by atoms with van der Waals surface area (Å²) in [5, 5.41) is 29.8. The number of fused-ring (bicyclic) bond motifs is 1. The summed E-state index contributed by atoms with van der Waals surface area (Å²) in [4.78, 5) is 41.5. The number of aliphatic hydroxyl groups is 3. The topological polar surface area (TPSA) is 184 Å². The molecule has 0 amide bonds. The molecular weight excluding hydrogens is 481 g/mol. The molecule has 196 valence electrons. The van der Waals surface area contributed by atoms with Crippen molar-refractivity contribution in [3.05, 3.63) is 43.7 Å². The number of aromatic amines is 1. The third kappa shape index (κ3) is 5.01. The molecular formula is C22H34N3O9P. The molecule has 13 heteroatoms. The first-order valence-electron chi connectivity index (χ1n) is 11.5. The van der Waals surface area contributed by atoms with Crippen molar-refractivity contribution in [2.24, 2.45) is 0 Å². The van der Waals surface area contributed by atoms with Gasteiger partial charge in [-0.2, -0.15) is 4.98 Å². The van der Waals surface area contributed by atoms with Crippen LogP contribution in [0.3, 0.4) is 0 Å². The molecule has 0 spiro atoms. The zero-order valence-corrected chi connectivity index (χ0v) is 21.6. The molecule has 7 atom stereocenters. The van der Waals surface area contributed by atoms with Crippen LogP contribution < -0.4 is 11.1 Å². The second kappa shape index (κ2) is 9.51. The summed E-state index contributed by atoms with van der Waals surface area (Å²) in [6, 6.07) is 0. The van der Waals surface area contributed by atoms with Crippen LogP contribution in [-0.4, -0.2) is 63.8 Å². The highest BCUT2D eigenvalue weighted by atomic mass is 31.2. The number of aryl methyl sites for hydroxylation is 1. The minimum atomic E-state index is -4.48. The van der Waals surface area contributed by atoms with E-state index in [1.807, 2.05) is 0 Å². The molecule has 2 aromatic heterocycles. The fourth-order valence-electron chi connectivity index (χ4n) is 3.99.